The number of hydrogen-bond acceptors (Lipinski definition) is 6. The predicted octanol–water partition coefficient (Wildman–Crippen LogP) is 8.37. The molecule has 1 aliphatic rings. The van der Waals surface area contributed by atoms with Gasteiger partial charge in [-0.3, -0.25) is 0 Å². The lowest BCUT2D eigenvalue weighted by atomic mass is 10.2. The fraction of sp³-hybridized carbons (Fsp3) is 0.250. The number of hydrogen-bond donors (Lipinski definition) is 0. The lowest BCUT2D eigenvalue weighted by Crippen LogP contribution is -2.45. The highest BCUT2D eigenvalue weighted by Crippen LogP contribution is 2.57. The van der Waals surface area contributed by atoms with Crippen LogP contribution in [0.25, 0.3) is 0 Å². The van der Waals surface area contributed by atoms with Gasteiger partial charge in [-0.1, -0.05) is 72.8 Å². The topological polar surface area (TPSA) is 77.5 Å². The van der Waals surface area contributed by atoms with E-state index in [1.54, 1.807) is 33.6 Å². The summed E-state index contributed by atoms with van der Waals surface area (Å²) < 4.78 is 57.3. The number of aryl methyl sites for hydroxylation is 4. The Hall–Kier alpha value is -3.54. The van der Waals surface area contributed by atoms with Gasteiger partial charge in [-0.05, 0) is 74.2 Å². The first kappa shape index (κ1) is 29.9. The van der Waals surface area contributed by atoms with Gasteiger partial charge in [0, 0.05) is 26.2 Å². The molecule has 0 saturated carbocycles. The van der Waals surface area contributed by atoms with E-state index >= 15 is 0 Å². The van der Waals surface area contributed by atoms with E-state index in [9.17, 15) is 9.13 Å². The Morgan fingerprint density at radius 1 is 0.429 bits per heavy atom. The van der Waals surface area contributed by atoms with E-state index in [-0.39, 0.29) is 26.2 Å². The first-order chi connectivity index (χ1) is 20.2. The summed E-state index contributed by atoms with van der Waals surface area (Å²) in [5.74, 6) is 1.92. The SMILES string of the molecule is Cc1ccccc1OP(=O)(Oc1ccccc1C)N1CCN(P(=O)(Oc2ccccc2C)Oc2ccccc2C)CC1. The van der Waals surface area contributed by atoms with Crippen molar-refractivity contribution in [3.8, 4) is 23.0 Å². The van der Waals surface area contributed by atoms with Crippen LogP contribution < -0.4 is 18.1 Å². The maximum atomic E-state index is 14.6. The highest BCUT2D eigenvalue weighted by molar-refractivity contribution is 7.52. The van der Waals surface area contributed by atoms with Crippen molar-refractivity contribution in [2.75, 3.05) is 26.2 Å². The third-order valence-corrected chi connectivity index (χ3v) is 11.0. The van der Waals surface area contributed by atoms with E-state index in [2.05, 4.69) is 0 Å². The zero-order valence-electron chi connectivity index (χ0n) is 24.3. The minimum absolute atomic E-state index is 0.243. The Bertz CT molecular complexity index is 1410. The molecule has 220 valence electrons. The van der Waals surface area contributed by atoms with Gasteiger partial charge in [-0.2, -0.15) is 9.34 Å². The molecule has 0 bridgehead atoms. The smallest absolute Gasteiger partial charge is 0.404 e. The van der Waals surface area contributed by atoms with Crippen LogP contribution in [0.1, 0.15) is 22.3 Å². The molecule has 10 heteroatoms. The third-order valence-electron chi connectivity index (χ3n) is 7.15. The maximum Gasteiger partial charge on any atom is 0.515 e. The summed E-state index contributed by atoms with van der Waals surface area (Å²) in [6.07, 6.45) is 0. The summed E-state index contributed by atoms with van der Waals surface area (Å²) in [6.45, 7) is 8.56. The van der Waals surface area contributed by atoms with Crippen LogP contribution in [0.4, 0.5) is 0 Å². The standard InChI is InChI=1S/C32H36N2O6P2/c1-25-13-5-9-17-29(25)37-41(35,38-30-18-10-6-14-26(30)2)33-21-23-34(24-22-33)42(36,39-31-19-11-7-15-27(31)3)40-32-20-12-8-16-28(32)4/h5-20H,21-24H2,1-4H3. The lowest BCUT2D eigenvalue weighted by molar-refractivity contribution is 0.194. The van der Waals surface area contributed by atoms with Gasteiger partial charge in [0.15, 0.2) is 0 Å². The van der Waals surface area contributed by atoms with E-state index in [1.165, 1.54) is 0 Å². The van der Waals surface area contributed by atoms with Crippen LogP contribution in [0.15, 0.2) is 97.1 Å². The van der Waals surface area contributed by atoms with Crippen molar-refractivity contribution in [3.63, 3.8) is 0 Å². The van der Waals surface area contributed by atoms with Gasteiger partial charge in [0.2, 0.25) is 0 Å². The Morgan fingerprint density at radius 3 is 0.857 bits per heavy atom. The summed E-state index contributed by atoms with van der Waals surface area (Å²) in [6, 6.07) is 29.6. The first-order valence-electron chi connectivity index (χ1n) is 13.9. The second kappa shape index (κ2) is 12.8. The summed E-state index contributed by atoms with van der Waals surface area (Å²) in [7, 11) is -7.77. The summed E-state index contributed by atoms with van der Waals surface area (Å²) >= 11 is 0. The quantitative estimate of drug-likeness (QED) is 0.167. The Morgan fingerprint density at radius 2 is 0.643 bits per heavy atom. The van der Waals surface area contributed by atoms with Crippen LogP contribution in [0.3, 0.4) is 0 Å². The minimum Gasteiger partial charge on any atom is -0.404 e. The van der Waals surface area contributed by atoms with Crippen LogP contribution in [-0.4, -0.2) is 35.5 Å². The molecule has 0 spiro atoms. The van der Waals surface area contributed by atoms with Crippen molar-refractivity contribution in [2.24, 2.45) is 0 Å². The number of para-hydroxylation sites is 4. The summed E-state index contributed by atoms with van der Waals surface area (Å²) in [5, 5.41) is 0. The zero-order valence-corrected chi connectivity index (χ0v) is 26.1. The molecule has 4 aromatic carbocycles. The number of benzene rings is 4. The monoisotopic (exact) mass is 606 g/mol. The molecule has 42 heavy (non-hydrogen) atoms. The van der Waals surface area contributed by atoms with Crippen molar-refractivity contribution in [1.82, 2.24) is 9.34 Å². The first-order valence-corrected chi connectivity index (χ1v) is 16.9. The molecule has 0 radical (unpaired) electrons. The largest absolute Gasteiger partial charge is 0.515 e. The average molecular weight is 607 g/mol. The van der Waals surface area contributed by atoms with Crippen LogP contribution in [0.5, 0.6) is 23.0 Å². The molecule has 5 rings (SSSR count). The number of piperazine rings is 1. The molecule has 0 unspecified atom stereocenters. The van der Waals surface area contributed by atoms with Crippen LogP contribution in [0, 0.1) is 27.7 Å². The van der Waals surface area contributed by atoms with Gasteiger partial charge >= 0.3 is 15.5 Å². The van der Waals surface area contributed by atoms with Gasteiger partial charge in [-0.25, -0.2) is 9.13 Å². The molecule has 1 heterocycles. The fourth-order valence-corrected chi connectivity index (χ4v) is 8.26. The summed E-state index contributed by atoms with van der Waals surface area (Å²) in [5.41, 5.74) is 3.36. The molecule has 0 amide bonds. The molecule has 1 aliphatic heterocycles. The van der Waals surface area contributed by atoms with Crippen molar-refractivity contribution < 1.29 is 27.2 Å². The van der Waals surface area contributed by atoms with Crippen molar-refractivity contribution in [2.45, 2.75) is 27.7 Å². The average Bonchev–Trinajstić information content (AvgIpc) is 2.98. The molecule has 0 atom stereocenters. The Kier molecular flexibility index (Phi) is 9.10. The van der Waals surface area contributed by atoms with Crippen LogP contribution >= 0.6 is 15.5 Å². The van der Waals surface area contributed by atoms with Crippen molar-refractivity contribution in [3.05, 3.63) is 119 Å². The van der Waals surface area contributed by atoms with Gasteiger partial charge in [0.1, 0.15) is 23.0 Å². The van der Waals surface area contributed by atoms with Gasteiger partial charge in [0.05, 0.1) is 0 Å². The van der Waals surface area contributed by atoms with E-state index in [0.717, 1.165) is 22.3 Å². The molecular weight excluding hydrogens is 570 g/mol. The van der Waals surface area contributed by atoms with E-state index < -0.39 is 15.5 Å². The number of rotatable bonds is 10. The normalized spacial score (nSPS) is 14.8. The summed E-state index contributed by atoms with van der Waals surface area (Å²) in [4.78, 5) is 0. The fourth-order valence-electron chi connectivity index (χ4n) is 4.58. The van der Waals surface area contributed by atoms with Gasteiger partial charge in [-0.15, -0.1) is 0 Å². The minimum atomic E-state index is -3.88. The highest BCUT2D eigenvalue weighted by atomic mass is 31.2. The van der Waals surface area contributed by atoms with Crippen molar-refractivity contribution >= 4 is 15.5 Å². The molecule has 1 saturated heterocycles. The number of nitrogens with zero attached hydrogens (tertiary/aromatic N) is 2. The van der Waals surface area contributed by atoms with Gasteiger partial charge < -0.3 is 18.1 Å². The molecule has 0 aliphatic carbocycles. The molecule has 1 fully saturated rings. The van der Waals surface area contributed by atoms with E-state index in [4.69, 9.17) is 18.1 Å². The third kappa shape index (κ3) is 6.74. The molecular formula is C32H36N2O6P2. The molecule has 4 aromatic rings. The predicted molar refractivity (Wildman–Crippen MR) is 166 cm³/mol. The highest BCUT2D eigenvalue weighted by Gasteiger charge is 2.45. The van der Waals surface area contributed by atoms with Crippen molar-refractivity contribution in [1.29, 1.82) is 0 Å². The zero-order chi connectivity index (χ0) is 29.7. The van der Waals surface area contributed by atoms with Crippen LogP contribution in [0.2, 0.25) is 0 Å². The molecule has 8 nitrogen and oxygen atoms in total. The molecule has 0 aromatic heterocycles. The second-order valence-corrected chi connectivity index (χ2v) is 14.0. The van der Waals surface area contributed by atoms with Gasteiger partial charge in [0.25, 0.3) is 0 Å². The van der Waals surface area contributed by atoms with Crippen LogP contribution in [-0.2, 0) is 9.13 Å². The Balaban J connectivity index is 1.42. The molecule has 0 N–H and O–H groups in total. The lowest BCUT2D eigenvalue weighted by Gasteiger charge is -2.39. The van der Waals surface area contributed by atoms with E-state index in [1.807, 2.05) is 100 Å². The van der Waals surface area contributed by atoms with E-state index in [0.29, 0.717) is 23.0 Å². The maximum absolute atomic E-state index is 14.6. The second-order valence-electron chi connectivity index (χ2n) is 10.3. The Labute approximate surface area is 248 Å².